The van der Waals surface area contributed by atoms with Crippen LogP contribution in [0.4, 0.5) is 0 Å². The van der Waals surface area contributed by atoms with Crippen molar-refractivity contribution in [3.63, 3.8) is 0 Å². The van der Waals surface area contributed by atoms with E-state index in [0.29, 0.717) is 0 Å². The highest BCUT2D eigenvalue weighted by Crippen LogP contribution is 2.40. The lowest BCUT2D eigenvalue weighted by Gasteiger charge is -2.36. The molecule has 1 aliphatic rings. The van der Waals surface area contributed by atoms with Crippen LogP contribution < -0.4 is 5.46 Å². The molecule has 1 fully saturated rings. The second kappa shape index (κ2) is 5.77. The quantitative estimate of drug-likeness (QED) is 0.667. The molecule has 0 aliphatic carbocycles. The third-order valence-corrected chi connectivity index (χ3v) is 5.86. The summed E-state index contributed by atoms with van der Waals surface area (Å²) < 4.78 is 12.7. The lowest BCUT2D eigenvalue weighted by Crippen LogP contribution is -2.44. The van der Waals surface area contributed by atoms with Gasteiger partial charge in [0, 0.05) is 26.8 Å². The van der Waals surface area contributed by atoms with E-state index in [1.54, 1.807) is 0 Å². The molecular formula is C20H23BClNO2. The first-order valence-electron chi connectivity index (χ1n) is 8.89. The molecule has 1 saturated heterocycles. The summed E-state index contributed by atoms with van der Waals surface area (Å²) in [6, 6.07) is 12.3. The zero-order chi connectivity index (χ0) is 17.8. The van der Waals surface area contributed by atoms with E-state index in [0.717, 1.165) is 45.1 Å². The predicted molar refractivity (Wildman–Crippen MR) is 106 cm³/mol. The first kappa shape index (κ1) is 17.0. The Hall–Kier alpha value is -1.49. The maximum absolute atomic E-state index is 6.38. The maximum atomic E-state index is 6.38. The fraction of sp³-hybridized carbons (Fsp3) is 0.400. The summed E-state index contributed by atoms with van der Waals surface area (Å²) in [6.07, 6.45) is 2.04. The van der Waals surface area contributed by atoms with Crippen LogP contribution >= 0.6 is 11.6 Å². The smallest absolute Gasteiger partial charge is 0.399 e. The molecule has 1 aliphatic heterocycles. The van der Waals surface area contributed by atoms with Gasteiger partial charge in [-0.15, -0.1) is 0 Å². The van der Waals surface area contributed by atoms with Crippen molar-refractivity contribution in [1.29, 1.82) is 0 Å². The fourth-order valence-electron chi connectivity index (χ4n) is 3.81. The summed E-state index contributed by atoms with van der Waals surface area (Å²) >= 11 is 6.15. The minimum Gasteiger partial charge on any atom is -0.399 e. The summed E-state index contributed by atoms with van der Waals surface area (Å²) in [6.45, 7) is 8.57. The molecular weight excluding hydrogens is 332 g/mol. The van der Waals surface area contributed by atoms with Gasteiger partial charge >= 0.3 is 7.12 Å². The van der Waals surface area contributed by atoms with Gasteiger partial charge in [-0.05, 0) is 56.9 Å². The van der Waals surface area contributed by atoms with E-state index >= 15 is 0 Å². The SMILES string of the molecule is CCCC1(C)OB(c2ccc3c(c2)[nH]c2ccc(Cl)cc23)OC1(C)C. The summed E-state index contributed by atoms with van der Waals surface area (Å²) in [4.78, 5) is 3.47. The molecule has 5 heteroatoms. The van der Waals surface area contributed by atoms with Crippen LogP contribution in [0.5, 0.6) is 0 Å². The zero-order valence-electron chi connectivity index (χ0n) is 15.2. The molecule has 1 N–H and O–H groups in total. The van der Waals surface area contributed by atoms with E-state index in [1.807, 2.05) is 18.2 Å². The van der Waals surface area contributed by atoms with Gasteiger partial charge in [-0.25, -0.2) is 0 Å². The van der Waals surface area contributed by atoms with Crippen LogP contribution in [0, 0.1) is 0 Å². The fourth-order valence-corrected chi connectivity index (χ4v) is 3.98. The number of rotatable bonds is 3. The van der Waals surface area contributed by atoms with Crippen LogP contribution in [0.2, 0.25) is 5.02 Å². The van der Waals surface area contributed by atoms with Gasteiger partial charge in [-0.3, -0.25) is 0 Å². The Bertz CT molecular complexity index is 951. The molecule has 2 aromatic carbocycles. The average Bonchev–Trinajstić information content (AvgIpc) is 3.02. The number of hydrogen-bond acceptors (Lipinski definition) is 2. The van der Waals surface area contributed by atoms with Crippen LogP contribution in [0.25, 0.3) is 21.8 Å². The summed E-state index contributed by atoms with van der Waals surface area (Å²) in [5.74, 6) is 0. The maximum Gasteiger partial charge on any atom is 0.494 e. The molecule has 0 amide bonds. The van der Waals surface area contributed by atoms with E-state index in [2.05, 4.69) is 50.9 Å². The first-order valence-corrected chi connectivity index (χ1v) is 9.27. The highest BCUT2D eigenvalue weighted by Gasteiger charge is 2.53. The van der Waals surface area contributed by atoms with E-state index in [1.165, 1.54) is 0 Å². The Morgan fingerprint density at radius 3 is 2.56 bits per heavy atom. The zero-order valence-corrected chi connectivity index (χ0v) is 15.9. The highest BCUT2D eigenvalue weighted by atomic mass is 35.5. The van der Waals surface area contributed by atoms with Gasteiger partial charge in [0.2, 0.25) is 0 Å². The number of H-pyrrole nitrogens is 1. The average molecular weight is 356 g/mol. The Kier molecular flexibility index (Phi) is 3.91. The molecule has 0 bridgehead atoms. The molecule has 0 radical (unpaired) electrons. The Morgan fingerprint density at radius 2 is 1.80 bits per heavy atom. The third kappa shape index (κ3) is 2.68. The number of aromatic amines is 1. The van der Waals surface area contributed by atoms with Gasteiger partial charge in [-0.1, -0.05) is 37.1 Å². The van der Waals surface area contributed by atoms with Crippen LogP contribution in [-0.2, 0) is 9.31 Å². The molecule has 0 saturated carbocycles. The molecule has 1 atom stereocenters. The molecule has 1 aromatic heterocycles. The number of nitrogens with one attached hydrogen (secondary N) is 1. The largest absolute Gasteiger partial charge is 0.494 e. The minimum absolute atomic E-state index is 0.282. The van der Waals surface area contributed by atoms with Crippen molar-refractivity contribution in [2.75, 3.05) is 0 Å². The summed E-state index contributed by atoms with van der Waals surface area (Å²) in [5, 5.41) is 3.05. The normalized spacial score (nSPS) is 23.0. The van der Waals surface area contributed by atoms with Crippen LogP contribution in [0.3, 0.4) is 0 Å². The van der Waals surface area contributed by atoms with Gasteiger partial charge in [-0.2, -0.15) is 0 Å². The number of hydrogen-bond donors (Lipinski definition) is 1. The second-order valence-corrected chi connectivity index (χ2v) is 8.12. The van der Waals surface area contributed by atoms with E-state index < -0.39 is 0 Å². The molecule has 130 valence electrons. The van der Waals surface area contributed by atoms with E-state index in [-0.39, 0.29) is 18.3 Å². The van der Waals surface area contributed by atoms with Crippen molar-refractivity contribution >= 4 is 46.0 Å². The van der Waals surface area contributed by atoms with Crippen molar-refractivity contribution in [2.45, 2.75) is 51.7 Å². The van der Waals surface area contributed by atoms with Crippen molar-refractivity contribution < 1.29 is 9.31 Å². The van der Waals surface area contributed by atoms with Crippen LogP contribution in [0.15, 0.2) is 36.4 Å². The van der Waals surface area contributed by atoms with Gasteiger partial charge in [0.1, 0.15) is 0 Å². The molecule has 3 nitrogen and oxygen atoms in total. The van der Waals surface area contributed by atoms with Crippen molar-refractivity contribution in [3.8, 4) is 0 Å². The first-order chi connectivity index (χ1) is 11.8. The van der Waals surface area contributed by atoms with E-state index in [4.69, 9.17) is 20.9 Å². The lowest BCUT2D eigenvalue weighted by atomic mass is 9.78. The summed E-state index contributed by atoms with van der Waals surface area (Å²) in [7, 11) is -0.342. The molecule has 25 heavy (non-hydrogen) atoms. The molecule has 0 spiro atoms. The van der Waals surface area contributed by atoms with Gasteiger partial charge in [0.05, 0.1) is 11.2 Å². The van der Waals surface area contributed by atoms with E-state index in [9.17, 15) is 0 Å². The number of fused-ring (bicyclic) bond motifs is 3. The summed E-state index contributed by atoms with van der Waals surface area (Å²) in [5.41, 5.74) is 2.59. The Labute approximate surface area is 153 Å². The third-order valence-electron chi connectivity index (χ3n) is 5.63. The number of halogens is 1. The lowest BCUT2D eigenvalue weighted by molar-refractivity contribution is -0.0159. The van der Waals surface area contributed by atoms with Crippen molar-refractivity contribution in [3.05, 3.63) is 41.4 Å². The molecule has 2 heterocycles. The number of benzene rings is 2. The van der Waals surface area contributed by atoms with Crippen LogP contribution in [0.1, 0.15) is 40.5 Å². The monoisotopic (exact) mass is 355 g/mol. The second-order valence-electron chi connectivity index (χ2n) is 7.68. The van der Waals surface area contributed by atoms with Gasteiger partial charge < -0.3 is 14.3 Å². The van der Waals surface area contributed by atoms with Gasteiger partial charge in [0.15, 0.2) is 0 Å². The van der Waals surface area contributed by atoms with Crippen molar-refractivity contribution in [2.24, 2.45) is 0 Å². The van der Waals surface area contributed by atoms with Gasteiger partial charge in [0.25, 0.3) is 0 Å². The Balaban J connectivity index is 1.74. The topological polar surface area (TPSA) is 34.2 Å². The highest BCUT2D eigenvalue weighted by molar-refractivity contribution is 6.62. The van der Waals surface area contributed by atoms with Crippen molar-refractivity contribution in [1.82, 2.24) is 4.98 Å². The minimum atomic E-state index is -0.342. The molecule has 3 aromatic rings. The standard InChI is InChI=1S/C20H23BClNO2/c1-5-10-20(4)19(2,3)24-21(25-20)13-6-8-15-16-12-14(22)7-9-17(16)23-18(15)11-13/h6-9,11-12,23H,5,10H2,1-4H3. The Morgan fingerprint density at radius 1 is 1.00 bits per heavy atom. The predicted octanol–water partition coefficient (Wildman–Crippen LogP) is 5.05. The van der Waals surface area contributed by atoms with Crippen LogP contribution in [-0.4, -0.2) is 23.3 Å². The molecule has 1 unspecified atom stereocenters. The molecule has 4 rings (SSSR count). The number of aromatic nitrogens is 1.